The summed E-state index contributed by atoms with van der Waals surface area (Å²) in [6.07, 6.45) is 2.62. The SMILES string of the molecule is CCS(=O)c1ccc(CC(=O)Nc2ccc(C3(Sc4ccc(N(C)C)cc4)CC3)cc2)cc1. The summed E-state index contributed by atoms with van der Waals surface area (Å²) < 4.78 is 12.0. The van der Waals surface area contributed by atoms with E-state index in [4.69, 9.17) is 0 Å². The third-order valence-corrected chi connectivity index (χ3v) is 8.74. The molecule has 0 radical (unpaired) electrons. The second-order valence-electron chi connectivity index (χ2n) is 8.57. The Labute approximate surface area is 203 Å². The van der Waals surface area contributed by atoms with E-state index in [0.29, 0.717) is 12.2 Å². The molecular formula is C27H30N2O2S2. The monoisotopic (exact) mass is 478 g/mol. The van der Waals surface area contributed by atoms with Crippen LogP contribution in [-0.4, -0.2) is 30.0 Å². The van der Waals surface area contributed by atoms with Gasteiger partial charge in [-0.2, -0.15) is 0 Å². The van der Waals surface area contributed by atoms with Crippen LogP contribution >= 0.6 is 11.8 Å². The molecule has 6 heteroatoms. The Balaban J connectivity index is 1.35. The van der Waals surface area contributed by atoms with Gasteiger partial charge in [0.15, 0.2) is 0 Å². The zero-order valence-electron chi connectivity index (χ0n) is 19.3. The second-order valence-corrected chi connectivity index (χ2v) is 11.8. The lowest BCUT2D eigenvalue weighted by molar-refractivity contribution is -0.115. The van der Waals surface area contributed by atoms with E-state index in [0.717, 1.165) is 29.0 Å². The van der Waals surface area contributed by atoms with Crippen LogP contribution in [0.25, 0.3) is 0 Å². The largest absolute Gasteiger partial charge is 0.378 e. The highest BCUT2D eigenvalue weighted by atomic mass is 32.2. The van der Waals surface area contributed by atoms with Crippen molar-refractivity contribution in [3.05, 3.63) is 83.9 Å². The van der Waals surface area contributed by atoms with E-state index in [9.17, 15) is 9.00 Å². The molecule has 33 heavy (non-hydrogen) atoms. The van der Waals surface area contributed by atoms with Crippen molar-refractivity contribution in [1.82, 2.24) is 0 Å². The van der Waals surface area contributed by atoms with Gasteiger partial charge in [0, 0.05) is 45.8 Å². The highest BCUT2D eigenvalue weighted by Gasteiger charge is 2.45. The molecule has 1 amide bonds. The highest BCUT2D eigenvalue weighted by molar-refractivity contribution is 8.00. The Morgan fingerprint density at radius 2 is 1.61 bits per heavy atom. The molecule has 4 rings (SSSR count). The fraction of sp³-hybridized carbons (Fsp3) is 0.296. The summed E-state index contributed by atoms with van der Waals surface area (Å²) in [6, 6.07) is 24.4. The van der Waals surface area contributed by atoms with Crippen molar-refractivity contribution < 1.29 is 9.00 Å². The van der Waals surface area contributed by atoms with Crippen LogP contribution in [0.4, 0.5) is 11.4 Å². The van der Waals surface area contributed by atoms with Gasteiger partial charge < -0.3 is 10.2 Å². The van der Waals surface area contributed by atoms with Gasteiger partial charge in [-0.3, -0.25) is 9.00 Å². The Kier molecular flexibility index (Phi) is 7.25. The number of rotatable bonds is 9. The molecule has 1 saturated carbocycles. The van der Waals surface area contributed by atoms with Crippen LogP contribution in [-0.2, 0) is 26.8 Å². The summed E-state index contributed by atoms with van der Waals surface area (Å²) in [6.45, 7) is 1.90. The first-order chi connectivity index (χ1) is 15.9. The molecule has 0 bridgehead atoms. The van der Waals surface area contributed by atoms with Gasteiger partial charge >= 0.3 is 0 Å². The first-order valence-corrected chi connectivity index (χ1v) is 13.4. The van der Waals surface area contributed by atoms with Gasteiger partial charge in [0.2, 0.25) is 5.91 Å². The van der Waals surface area contributed by atoms with Gasteiger partial charge in [-0.05, 0) is 72.5 Å². The Bertz CT molecular complexity index is 1120. The number of carbonyl (C=O) groups is 1. The van der Waals surface area contributed by atoms with Crippen LogP contribution in [0.5, 0.6) is 0 Å². The zero-order chi connectivity index (χ0) is 23.4. The summed E-state index contributed by atoms with van der Waals surface area (Å²) in [4.78, 5) is 16.7. The third kappa shape index (κ3) is 5.87. The molecule has 0 aliphatic heterocycles. The molecule has 172 valence electrons. The van der Waals surface area contributed by atoms with Gasteiger partial charge in [-0.1, -0.05) is 31.2 Å². The number of thioether (sulfide) groups is 1. The fourth-order valence-electron chi connectivity index (χ4n) is 3.77. The molecule has 1 fully saturated rings. The van der Waals surface area contributed by atoms with Crippen molar-refractivity contribution in [1.29, 1.82) is 0 Å². The Morgan fingerprint density at radius 3 is 2.15 bits per heavy atom. The first-order valence-electron chi connectivity index (χ1n) is 11.2. The van der Waals surface area contributed by atoms with Crippen molar-refractivity contribution in [2.45, 2.75) is 40.7 Å². The number of hydrogen-bond acceptors (Lipinski definition) is 4. The molecule has 1 aliphatic rings. The lowest BCUT2D eigenvalue weighted by Crippen LogP contribution is -2.14. The predicted octanol–water partition coefficient (Wildman–Crippen LogP) is 5.84. The van der Waals surface area contributed by atoms with E-state index in [-0.39, 0.29) is 10.7 Å². The quantitative estimate of drug-likeness (QED) is 0.420. The number of amides is 1. The topological polar surface area (TPSA) is 49.4 Å². The van der Waals surface area contributed by atoms with Gasteiger partial charge in [0.1, 0.15) is 0 Å². The Hall–Kier alpha value is -2.57. The number of nitrogens with zero attached hydrogens (tertiary/aromatic N) is 1. The molecule has 0 spiro atoms. The molecule has 1 atom stereocenters. The average molecular weight is 479 g/mol. The Morgan fingerprint density at radius 1 is 0.970 bits per heavy atom. The van der Waals surface area contributed by atoms with Crippen LogP contribution < -0.4 is 10.2 Å². The van der Waals surface area contributed by atoms with Crippen molar-refractivity contribution in [3.8, 4) is 0 Å². The first kappa shape index (κ1) is 23.6. The molecule has 4 nitrogen and oxygen atoms in total. The van der Waals surface area contributed by atoms with Gasteiger partial charge in [0.25, 0.3) is 0 Å². The van der Waals surface area contributed by atoms with Gasteiger partial charge in [-0.25, -0.2) is 0 Å². The summed E-state index contributed by atoms with van der Waals surface area (Å²) in [7, 11) is 3.14. The molecular weight excluding hydrogens is 448 g/mol. The van der Waals surface area contributed by atoms with E-state index >= 15 is 0 Å². The average Bonchev–Trinajstić information content (AvgIpc) is 3.60. The second kappa shape index (κ2) is 10.1. The number of hydrogen-bond donors (Lipinski definition) is 1. The molecule has 3 aromatic carbocycles. The van der Waals surface area contributed by atoms with E-state index in [2.05, 4.69) is 60.7 Å². The maximum atomic E-state index is 12.5. The zero-order valence-corrected chi connectivity index (χ0v) is 21.0. The van der Waals surface area contributed by atoms with Crippen molar-refractivity contribution >= 4 is 39.8 Å². The molecule has 1 aliphatic carbocycles. The fourth-order valence-corrected chi connectivity index (χ4v) is 5.83. The van der Waals surface area contributed by atoms with Crippen LogP contribution in [0.3, 0.4) is 0 Å². The van der Waals surface area contributed by atoms with Crippen molar-refractivity contribution in [2.75, 3.05) is 30.1 Å². The minimum absolute atomic E-state index is 0.0522. The van der Waals surface area contributed by atoms with E-state index in [1.54, 1.807) is 0 Å². The van der Waals surface area contributed by atoms with Crippen LogP contribution in [0, 0.1) is 0 Å². The minimum Gasteiger partial charge on any atom is -0.378 e. The lowest BCUT2D eigenvalue weighted by atomic mass is 10.1. The normalized spacial score (nSPS) is 15.0. The van der Waals surface area contributed by atoms with Crippen molar-refractivity contribution in [2.24, 2.45) is 0 Å². The van der Waals surface area contributed by atoms with E-state index < -0.39 is 10.8 Å². The third-order valence-electron chi connectivity index (χ3n) is 5.88. The summed E-state index contributed by atoms with van der Waals surface area (Å²) >= 11 is 1.93. The van der Waals surface area contributed by atoms with E-state index in [1.165, 1.54) is 16.1 Å². The number of nitrogens with one attached hydrogen (secondary N) is 1. The lowest BCUT2D eigenvalue weighted by Gasteiger charge is -2.17. The highest BCUT2D eigenvalue weighted by Crippen LogP contribution is 2.59. The molecule has 0 saturated heterocycles. The van der Waals surface area contributed by atoms with Gasteiger partial charge in [0.05, 0.1) is 17.2 Å². The minimum atomic E-state index is -0.968. The number of benzene rings is 3. The predicted molar refractivity (Wildman–Crippen MR) is 140 cm³/mol. The van der Waals surface area contributed by atoms with Crippen LogP contribution in [0.2, 0.25) is 0 Å². The molecule has 1 unspecified atom stereocenters. The van der Waals surface area contributed by atoms with Crippen LogP contribution in [0.15, 0.2) is 82.6 Å². The van der Waals surface area contributed by atoms with Crippen LogP contribution in [0.1, 0.15) is 30.9 Å². The molecule has 3 aromatic rings. The maximum absolute atomic E-state index is 12.5. The molecule has 1 N–H and O–H groups in total. The standard InChI is InChI=1S/C27H30N2O2S2/c1-4-33(31)25-15-5-20(6-16-25)19-26(30)28-22-9-7-21(8-10-22)27(17-18-27)32-24-13-11-23(12-14-24)29(2)3/h5-16H,4,17-19H2,1-3H3,(H,28,30). The number of carbonyl (C=O) groups excluding carboxylic acids is 1. The summed E-state index contributed by atoms with van der Waals surface area (Å²) in [5.41, 5.74) is 4.23. The summed E-state index contributed by atoms with van der Waals surface area (Å²) in [5.74, 6) is 0.543. The van der Waals surface area contributed by atoms with Gasteiger partial charge in [-0.15, -0.1) is 11.8 Å². The number of anilines is 2. The van der Waals surface area contributed by atoms with E-state index in [1.807, 2.05) is 55.1 Å². The molecule has 0 heterocycles. The summed E-state index contributed by atoms with van der Waals surface area (Å²) in [5, 5.41) is 2.99. The smallest absolute Gasteiger partial charge is 0.228 e. The maximum Gasteiger partial charge on any atom is 0.228 e. The van der Waals surface area contributed by atoms with Crippen molar-refractivity contribution in [3.63, 3.8) is 0 Å². The molecule has 0 aromatic heterocycles.